The summed E-state index contributed by atoms with van der Waals surface area (Å²) in [5, 5.41) is 22.1. The van der Waals surface area contributed by atoms with E-state index < -0.39 is 30.0 Å². The van der Waals surface area contributed by atoms with E-state index in [4.69, 9.17) is 5.11 Å². The number of pyridine rings is 1. The number of carbonyl (C=O) groups excluding carboxylic acids is 1. The lowest BCUT2D eigenvalue weighted by molar-refractivity contribution is -0.136. The Morgan fingerprint density at radius 2 is 1.70 bits per heavy atom. The first-order valence-electron chi connectivity index (χ1n) is 9.14. The zero-order valence-electron chi connectivity index (χ0n) is 16.1. The molecule has 3 N–H and O–H groups in total. The molecule has 1 amide bonds. The van der Waals surface area contributed by atoms with Gasteiger partial charge in [0.2, 0.25) is 0 Å². The van der Waals surface area contributed by atoms with E-state index in [2.05, 4.69) is 15.5 Å². The van der Waals surface area contributed by atoms with Gasteiger partial charge in [-0.25, -0.2) is 15.2 Å². The number of aliphatic carboxylic acids is 2. The van der Waals surface area contributed by atoms with Gasteiger partial charge in [-0.1, -0.05) is 48.0 Å². The number of aromatic nitrogens is 1. The second-order valence-electron chi connectivity index (χ2n) is 6.64. The van der Waals surface area contributed by atoms with Crippen LogP contribution >= 0.6 is 0 Å². The number of carboxylic acids is 2. The van der Waals surface area contributed by atoms with E-state index in [0.29, 0.717) is 16.6 Å². The summed E-state index contributed by atoms with van der Waals surface area (Å²) in [6, 6.07) is 16.4. The van der Waals surface area contributed by atoms with Gasteiger partial charge in [-0.15, -0.1) is 0 Å². The van der Waals surface area contributed by atoms with Crippen molar-refractivity contribution in [1.29, 1.82) is 0 Å². The zero-order chi connectivity index (χ0) is 21.7. The Bertz CT molecular complexity index is 1150. The number of para-hydroxylation sites is 1. The number of hydrazone groups is 1. The van der Waals surface area contributed by atoms with Crippen LogP contribution in [0.4, 0.5) is 0 Å². The average Bonchev–Trinajstić information content (AvgIpc) is 2.72. The summed E-state index contributed by atoms with van der Waals surface area (Å²) < 4.78 is 0. The summed E-state index contributed by atoms with van der Waals surface area (Å²) in [4.78, 5) is 39.4. The molecule has 30 heavy (non-hydrogen) atoms. The molecule has 8 nitrogen and oxygen atoms in total. The van der Waals surface area contributed by atoms with Crippen LogP contribution in [-0.4, -0.2) is 38.8 Å². The van der Waals surface area contributed by atoms with E-state index in [1.54, 1.807) is 24.3 Å². The lowest BCUT2D eigenvalue weighted by Gasteiger charge is -2.09. The third kappa shape index (κ3) is 4.85. The number of hydrogen-bond acceptors (Lipinski definition) is 5. The Morgan fingerprint density at radius 3 is 2.37 bits per heavy atom. The number of benzene rings is 2. The molecular weight excluding hydrogens is 386 g/mol. The molecule has 0 atom stereocenters. The van der Waals surface area contributed by atoms with Gasteiger partial charge in [-0.05, 0) is 19.1 Å². The van der Waals surface area contributed by atoms with Crippen molar-refractivity contribution in [3.8, 4) is 11.3 Å². The lowest BCUT2D eigenvalue weighted by atomic mass is 10.0. The molecule has 2 aromatic carbocycles. The van der Waals surface area contributed by atoms with Crippen LogP contribution in [0.5, 0.6) is 0 Å². The summed E-state index contributed by atoms with van der Waals surface area (Å²) in [5.41, 5.74) is 5.19. The first kappa shape index (κ1) is 20.7. The van der Waals surface area contributed by atoms with E-state index in [1.165, 1.54) is 0 Å². The number of nitrogens with one attached hydrogen (secondary N) is 1. The first-order chi connectivity index (χ1) is 14.3. The number of carbonyl (C=O) groups is 3. The van der Waals surface area contributed by atoms with Crippen LogP contribution in [0.2, 0.25) is 0 Å². The quantitative estimate of drug-likeness (QED) is 0.409. The molecule has 0 radical (unpaired) electrons. The highest BCUT2D eigenvalue weighted by atomic mass is 16.4. The maximum Gasteiger partial charge on any atom is 0.352 e. The molecule has 0 fully saturated rings. The van der Waals surface area contributed by atoms with Crippen LogP contribution in [0.3, 0.4) is 0 Å². The molecule has 0 bridgehead atoms. The second kappa shape index (κ2) is 8.95. The van der Waals surface area contributed by atoms with Gasteiger partial charge in [0.1, 0.15) is 5.71 Å². The van der Waals surface area contributed by atoms with Crippen molar-refractivity contribution in [2.75, 3.05) is 0 Å². The van der Waals surface area contributed by atoms with E-state index in [0.717, 1.165) is 11.1 Å². The molecule has 0 unspecified atom stereocenters. The van der Waals surface area contributed by atoms with Gasteiger partial charge in [-0.3, -0.25) is 9.59 Å². The highest BCUT2D eigenvalue weighted by Crippen LogP contribution is 2.25. The molecule has 0 spiro atoms. The first-order valence-corrected chi connectivity index (χ1v) is 9.14. The number of fused-ring (bicyclic) bond motifs is 1. The number of rotatable bonds is 7. The van der Waals surface area contributed by atoms with Crippen LogP contribution in [-0.2, 0) is 9.59 Å². The summed E-state index contributed by atoms with van der Waals surface area (Å²) in [5.74, 6) is -3.16. The fraction of sp³-hybridized carbons (Fsp3) is 0.136. The van der Waals surface area contributed by atoms with Gasteiger partial charge in [0.05, 0.1) is 23.2 Å². The van der Waals surface area contributed by atoms with Crippen molar-refractivity contribution in [3.05, 3.63) is 65.7 Å². The highest BCUT2D eigenvalue weighted by Gasteiger charge is 2.16. The predicted molar refractivity (Wildman–Crippen MR) is 111 cm³/mol. The molecular formula is C22H19N3O5. The molecule has 3 aromatic rings. The monoisotopic (exact) mass is 405 g/mol. The summed E-state index contributed by atoms with van der Waals surface area (Å²) in [6.07, 6.45) is -0.715. The molecule has 0 aliphatic carbocycles. The van der Waals surface area contributed by atoms with Crippen LogP contribution in [0, 0.1) is 6.92 Å². The van der Waals surface area contributed by atoms with Crippen LogP contribution in [0.15, 0.2) is 59.7 Å². The normalized spacial score (nSPS) is 11.3. The largest absolute Gasteiger partial charge is 0.481 e. The minimum Gasteiger partial charge on any atom is -0.481 e. The molecule has 152 valence electrons. The Balaban J connectivity index is 1.98. The predicted octanol–water partition coefficient (Wildman–Crippen LogP) is 3.25. The number of carboxylic acid groups (broad SMARTS) is 2. The van der Waals surface area contributed by atoms with Crippen molar-refractivity contribution >= 4 is 34.5 Å². The molecule has 3 rings (SSSR count). The van der Waals surface area contributed by atoms with Crippen molar-refractivity contribution in [2.45, 2.75) is 19.8 Å². The molecule has 0 saturated heterocycles. The Morgan fingerprint density at radius 1 is 1.00 bits per heavy atom. The molecule has 1 aromatic heterocycles. The van der Waals surface area contributed by atoms with Gasteiger partial charge >= 0.3 is 11.9 Å². The van der Waals surface area contributed by atoms with Gasteiger partial charge < -0.3 is 10.2 Å². The van der Waals surface area contributed by atoms with E-state index in [1.807, 2.05) is 37.3 Å². The molecule has 0 aliphatic rings. The average molecular weight is 405 g/mol. The minimum absolute atomic E-state index is 0.280. The molecule has 8 heteroatoms. The second-order valence-corrected chi connectivity index (χ2v) is 6.64. The Labute approximate surface area is 171 Å². The number of amides is 1. The third-order valence-electron chi connectivity index (χ3n) is 4.42. The fourth-order valence-corrected chi connectivity index (χ4v) is 2.85. The van der Waals surface area contributed by atoms with Crippen LogP contribution < -0.4 is 5.43 Å². The maximum absolute atomic E-state index is 12.8. The topological polar surface area (TPSA) is 129 Å². The highest BCUT2D eigenvalue weighted by molar-refractivity contribution is 6.36. The zero-order valence-corrected chi connectivity index (χ0v) is 16.1. The van der Waals surface area contributed by atoms with Crippen LogP contribution in [0.25, 0.3) is 22.2 Å². The van der Waals surface area contributed by atoms with Crippen molar-refractivity contribution in [3.63, 3.8) is 0 Å². The lowest BCUT2D eigenvalue weighted by Crippen LogP contribution is -2.24. The summed E-state index contributed by atoms with van der Waals surface area (Å²) in [6.45, 7) is 1.97. The van der Waals surface area contributed by atoms with Crippen molar-refractivity contribution in [2.24, 2.45) is 5.10 Å². The molecule has 1 heterocycles. The van der Waals surface area contributed by atoms with Crippen molar-refractivity contribution < 1.29 is 24.6 Å². The van der Waals surface area contributed by atoms with Gasteiger partial charge in [0, 0.05) is 17.4 Å². The van der Waals surface area contributed by atoms with Crippen molar-refractivity contribution in [1.82, 2.24) is 10.4 Å². The standard InChI is InChI=1S/C22H19N3O5/c1-13-6-8-14(9-7-13)19-12-16(15-4-2-3-5-17(15)23-19)21(28)25-24-18(22(29)30)10-11-20(26)27/h2-9,12H,10-11H2,1H3,(H,25,28)(H,26,27)(H,29,30)/b24-18+. The summed E-state index contributed by atoms with van der Waals surface area (Å²) in [7, 11) is 0. The van der Waals surface area contributed by atoms with Gasteiger partial charge in [0.15, 0.2) is 0 Å². The minimum atomic E-state index is -1.39. The van der Waals surface area contributed by atoms with E-state index >= 15 is 0 Å². The van der Waals surface area contributed by atoms with E-state index in [-0.39, 0.29) is 12.0 Å². The van der Waals surface area contributed by atoms with Gasteiger partial charge in [-0.2, -0.15) is 5.10 Å². The Kier molecular flexibility index (Phi) is 6.17. The molecule has 0 aliphatic heterocycles. The number of hydrogen-bond donors (Lipinski definition) is 3. The molecule has 0 saturated carbocycles. The third-order valence-corrected chi connectivity index (χ3v) is 4.42. The SMILES string of the molecule is Cc1ccc(-c2cc(C(=O)N/N=C(\CCC(=O)O)C(=O)O)c3ccccc3n2)cc1. The Hall–Kier alpha value is -4.07. The number of nitrogens with zero attached hydrogens (tertiary/aromatic N) is 2. The maximum atomic E-state index is 12.8. The van der Waals surface area contributed by atoms with Gasteiger partial charge in [0.25, 0.3) is 5.91 Å². The fourth-order valence-electron chi connectivity index (χ4n) is 2.85. The smallest absolute Gasteiger partial charge is 0.352 e. The van der Waals surface area contributed by atoms with E-state index in [9.17, 15) is 19.5 Å². The van der Waals surface area contributed by atoms with Crippen LogP contribution in [0.1, 0.15) is 28.8 Å². The summed E-state index contributed by atoms with van der Waals surface area (Å²) >= 11 is 0. The number of aryl methyl sites for hydroxylation is 1.